The third-order valence-electron chi connectivity index (χ3n) is 2.07. The van der Waals surface area contributed by atoms with Crippen LogP contribution in [-0.4, -0.2) is 9.17 Å². The lowest BCUT2D eigenvalue weighted by Gasteiger charge is -2.15. The Morgan fingerprint density at radius 1 is 1.00 bits per heavy atom. The molecule has 0 aliphatic carbocycles. The Balaban J connectivity index is 3.31. The average Bonchev–Trinajstić information content (AvgIpc) is 2.00. The van der Waals surface area contributed by atoms with E-state index in [1.165, 1.54) is 25.7 Å². The molecule has 0 radical (unpaired) electrons. The highest BCUT2D eigenvalue weighted by molar-refractivity contribution is 6.67. The van der Waals surface area contributed by atoms with Crippen LogP contribution in [0.5, 0.6) is 0 Å². The van der Waals surface area contributed by atoms with Gasteiger partial charge in [0.2, 0.25) is 0 Å². The van der Waals surface area contributed by atoms with E-state index < -0.39 is 3.79 Å². The minimum atomic E-state index is -1.20. The van der Waals surface area contributed by atoms with E-state index in [4.69, 9.17) is 46.4 Å². The maximum Gasteiger partial charge on any atom is 0.192 e. The molecule has 0 bridgehead atoms. The molecule has 0 nitrogen and oxygen atoms in total. The standard InChI is InChI=1S/C10H18Cl4/c1-2-3-4-5-6-7-9(11)8-10(12,13)14/h9H,2-8H2,1H3. The molecule has 14 heavy (non-hydrogen) atoms. The molecule has 4 heteroatoms. The lowest BCUT2D eigenvalue weighted by molar-refractivity contribution is 0.582. The second-order valence-electron chi connectivity index (χ2n) is 3.62. The summed E-state index contributed by atoms with van der Waals surface area (Å²) in [6.07, 6.45) is 7.60. The number of rotatable bonds is 7. The number of halogens is 4. The average molecular weight is 280 g/mol. The molecule has 0 aliphatic heterocycles. The maximum absolute atomic E-state index is 6.02. The molecule has 0 saturated heterocycles. The predicted octanol–water partition coefficient (Wildman–Crippen LogP) is 5.71. The molecular weight excluding hydrogens is 262 g/mol. The fourth-order valence-electron chi connectivity index (χ4n) is 1.32. The van der Waals surface area contributed by atoms with Crippen molar-refractivity contribution in [3.63, 3.8) is 0 Å². The Labute approximate surface area is 107 Å². The largest absolute Gasteiger partial charge is 0.192 e. The Morgan fingerprint density at radius 2 is 1.57 bits per heavy atom. The Kier molecular flexibility index (Phi) is 9.02. The van der Waals surface area contributed by atoms with Crippen molar-refractivity contribution in [3.8, 4) is 0 Å². The van der Waals surface area contributed by atoms with Gasteiger partial charge in [0.1, 0.15) is 0 Å². The van der Waals surface area contributed by atoms with Crippen LogP contribution in [0.15, 0.2) is 0 Å². The van der Waals surface area contributed by atoms with Crippen LogP contribution in [0.25, 0.3) is 0 Å². The first kappa shape index (κ1) is 15.2. The van der Waals surface area contributed by atoms with Gasteiger partial charge in [0, 0.05) is 11.8 Å². The normalized spacial score (nSPS) is 14.4. The summed E-state index contributed by atoms with van der Waals surface area (Å²) in [4.78, 5) is 0. The van der Waals surface area contributed by atoms with Crippen LogP contribution in [0, 0.1) is 0 Å². The molecule has 86 valence electrons. The number of hydrogen-bond donors (Lipinski definition) is 0. The minimum Gasteiger partial charge on any atom is -0.123 e. The third kappa shape index (κ3) is 11.2. The molecule has 1 atom stereocenters. The fraction of sp³-hybridized carbons (Fsp3) is 1.00. The quantitative estimate of drug-likeness (QED) is 0.413. The van der Waals surface area contributed by atoms with Gasteiger partial charge >= 0.3 is 0 Å². The van der Waals surface area contributed by atoms with Crippen LogP contribution in [-0.2, 0) is 0 Å². The zero-order chi connectivity index (χ0) is 11.0. The smallest absolute Gasteiger partial charge is 0.123 e. The van der Waals surface area contributed by atoms with Crippen molar-refractivity contribution < 1.29 is 0 Å². The highest BCUT2D eigenvalue weighted by atomic mass is 35.6. The van der Waals surface area contributed by atoms with E-state index in [9.17, 15) is 0 Å². The van der Waals surface area contributed by atoms with Crippen LogP contribution in [0.4, 0.5) is 0 Å². The molecule has 0 aromatic rings. The molecule has 0 fully saturated rings. The molecule has 0 spiro atoms. The topological polar surface area (TPSA) is 0 Å². The van der Waals surface area contributed by atoms with Gasteiger partial charge in [-0.15, -0.1) is 11.6 Å². The zero-order valence-electron chi connectivity index (χ0n) is 8.54. The van der Waals surface area contributed by atoms with Crippen LogP contribution in [0.3, 0.4) is 0 Å². The van der Waals surface area contributed by atoms with Gasteiger partial charge in [-0.1, -0.05) is 73.8 Å². The molecule has 0 heterocycles. The molecular formula is C10H18Cl4. The highest BCUT2D eigenvalue weighted by Crippen LogP contribution is 2.34. The first-order valence-electron chi connectivity index (χ1n) is 5.16. The van der Waals surface area contributed by atoms with Crippen molar-refractivity contribution in [2.24, 2.45) is 0 Å². The second kappa shape index (κ2) is 8.33. The molecule has 0 aliphatic rings. The van der Waals surface area contributed by atoms with E-state index in [1.807, 2.05) is 0 Å². The third-order valence-corrected chi connectivity index (χ3v) is 2.91. The van der Waals surface area contributed by atoms with Gasteiger partial charge in [0.05, 0.1) is 0 Å². The van der Waals surface area contributed by atoms with Crippen molar-refractivity contribution in [1.29, 1.82) is 0 Å². The molecule has 0 amide bonds. The fourth-order valence-corrected chi connectivity index (χ4v) is 2.50. The predicted molar refractivity (Wildman–Crippen MR) is 67.9 cm³/mol. The highest BCUT2D eigenvalue weighted by Gasteiger charge is 2.23. The van der Waals surface area contributed by atoms with Gasteiger partial charge < -0.3 is 0 Å². The summed E-state index contributed by atoms with van der Waals surface area (Å²) in [6, 6.07) is 0. The molecule has 1 unspecified atom stereocenters. The van der Waals surface area contributed by atoms with Crippen molar-refractivity contribution in [1.82, 2.24) is 0 Å². The number of alkyl halides is 4. The lowest BCUT2D eigenvalue weighted by atomic mass is 10.1. The van der Waals surface area contributed by atoms with Crippen LogP contribution in [0.2, 0.25) is 0 Å². The van der Waals surface area contributed by atoms with Gasteiger partial charge in [0.15, 0.2) is 3.79 Å². The molecule has 0 saturated carbocycles. The maximum atomic E-state index is 6.02. The number of hydrogen-bond acceptors (Lipinski definition) is 0. The van der Waals surface area contributed by atoms with Crippen molar-refractivity contribution >= 4 is 46.4 Å². The van der Waals surface area contributed by atoms with E-state index in [2.05, 4.69) is 6.92 Å². The summed E-state index contributed by atoms with van der Waals surface area (Å²) in [5, 5.41) is -0.0101. The summed E-state index contributed by atoms with van der Waals surface area (Å²) >= 11 is 22.9. The summed E-state index contributed by atoms with van der Waals surface area (Å²) in [7, 11) is 0. The minimum absolute atomic E-state index is 0.0101. The molecule has 0 aromatic heterocycles. The number of unbranched alkanes of at least 4 members (excludes halogenated alkanes) is 4. The molecule has 0 aromatic carbocycles. The summed E-state index contributed by atoms with van der Waals surface area (Å²) in [6.45, 7) is 2.20. The van der Waals surface area contributed by atoms with E-state index in [1.54, 1.807) is 0 Å². The van der Waals surface area contributed by atoms with E-state index >= 15 is 0 Å². The Hall–Kier alpha value is 1.16. The van der Waals surface area contributed by atoms with Gasteiger partial charge in [-0.05, 0) is 6.42 Å². The first-order valence-corrected chi connectivity index (χ1v) is 6.73. The first-order chi connectivity index (χ1) is 6.45. The van der Waals surface area contributed by atoms with Crippen molar-refractivity contribution in [3.05, 3.63) is 0 Å². The molecule has 0 rings (SSSR count). The zero-order valence-corrected chi connectivity index (χ0v) is 11.6. The van der Waals surface area contributed by atoms with Crippen molar-refractivity contribution in [2.45, 2.75) is 61.0 Å². The van der Waals surface area contributed by atoms with Gasteiger partial charge in [0.25, 0.3) is 0 Å². The van der Waals surface area contributed by atoms with Crippen LogP contribution < -0.4 is 0 Å². The summed E-state index contributed by atoms with van der Waals surface area (Å²) < 4.78 is -1.20. The SMILES string of the molecule is CCCCCCCC(Cl)CC(Cl)(Cl)Cl. The van der Waals surface area contributed by atoms with Gasteiger partial charge in [-0.3, -0.25) is 0 Å². The second-order valence-corrected chi connectivity index (χ2v) is 6.75. The summed E-state index contributed by atoms with van der Waals surface area (Å²) in [5.74, 6) is 0. The van der Waals surface area contributed by atoms with Gasteiger partial charge in [-0.25, -0.2) is 0 Å². The van der Waals surface area contributed by atoms with E-state index in [0.717, 1.165) is 12.8 Å². The van der Waals surface area contributed by atoms with Crippen LogP contribution in [0.1, 0.15) is 51.9 Å². The lowest BCUT2D eigenvalue weighted by Crippen LogP contribution is -2.11. The van der Waals surface area contributed by atoms with E-state index in [0.29, 0.717) is 6.42 Å². The Bertz CT molecular complexity index is 131. The Morgan fingerprint density at radius 3 is 2.07 bits per heavy atom. The monoisotopic (exact) mass is 278 g/mol. The van der Waals surface area contributed by atoms with Crippen LogP contribution >= 0.6 is 46.4 Å². The van der Waals surface area contributed by atoms with E-state index in [-0.39, 0.29) is 5.38 Å². The van der Waals surface area contributed by atoms with Crippen molar-refractivity contribution in [2.75, 3.05) is 0 Å². The van der Waals surface area contributed by atoms with Gasteiger partial charge in [-0.2, -0.15) is 0 Å². The summed E-state index contributed by atoms with van der Waals surface area (Å²) in [5.41, 5.74) is 0. The molecule has 0 N–H and O–H groups in total.